The summed E-state index contributed by atoms with van der Waals surface area (Å²) in [7, 11) is 0. The third-order valence-electron chi connectivity index (χ3n) is 7.89. The number of hydrogen-bond donors (Lipinski definition) is 0. The molecule has 7 rings (SSSR count). The highest BCUT2D eigenvalue weighted by atomic mass is 35.5. The van der Waals surface area contributed by atoms with E-state index in [1.165, 1.54) is 10.6 Å². The first kappa shape index (κ1) is 31.2. The molecule has 0 unspecified atom stereocenters. The van der Waals surface area contributed by atoms with Gasteiger partial charge in [0, 0.05) is 38.6 Å². The Bertz CT molecular complexity index is 2110. The second-order valence-corrected chi connectivity index (χ2v) is 12.7. The molecule has 48 heavy (non-hydrogen) atoms. The molecule has 6 nitrogen and oxygen atoms in total. The van der Waals surface area contributed by atoms with Gasteiger partial charge in [-0.1, -0.05) is 83.9 Å². The van der Waals surface area contributed by atoms with E-state index >= 15 is 0 Å². The van der Waals surface area contributed by atoms with Crippen LogP contribution in [0.3, 0.4) is 0 Å². The number of amides is 1. The zero-order chi connectivity index (χ0) is 32.9. The highest BCUT2D eigenvalue weighted by Gasteiger charge is 2.31. The van der Waals surface area contributed by atoms with Gasteiger partial charge >= 0.3 is 0 Å². The lowest BCUT2D eigenvalue weighted by molar-refractivity contribution is -0.114. The van der Waals surface area contributed by atoms with E-state index in [1.54, 1.807) is 11.8 Å². The summed E-state index contributed by atoms with van der Waals surface area (Å²) in [6, 6.07) is 43.3. The van der Waals surface area contributed by atoms with Crippen LogP contribution < -0.4 is 9.75 Å². The summed E-state index contributed by atoms with van der Waals surface area (Å²) in [4.78, 5) is 15.2. The topological polar surface area (TPSA) is 59.7 Å². The largest absolute Gasteiger partial charge is 0.489 e. The number of carbonyl (C=O) groups is 1. The number of thioether (sulfide) groups is 1. The summed E-state index contributed by atoms with van der Waals surface area (Å²) in [5.41, 5.74) is 7.42. The molecule has 5 aromatic carbocycles. The van der Waals surface area contributed by atoms with E-state index in [4.69, 9.17) is 26.5 Å². The minimum atomic E-state index is -0.178. The van der Waals surface area contributed by atoms with Gasteiger partial charge in [-0.25, -0.2) is 4.68 Å². The van der Waals surface area contributed by atoms with Gasteiger partial charge in [-0.15, -0.1) is 11.8 Å². The Morgan fingerprint density at radius 1 is 0.792 bits per heavy atom. The molecule has 1 aliphatic rings. The number of hydrogen-bond acceptors (Lipinski definition) is 5. The lowest BCUT2D eigenvalue weighted by atomic mass is 10.0. The van der Waals surface area contributed by atoms with Crippen LogP contribution in [0.4, 0.5) is 5.69 Å². The molecule has 0 fully saturated rings. The fourth-order valence-corrected chi connectivity index (χ4v) is 6.35. The molecular formula is C40H31ClN4O2S. The van der Waals surface area contributed by atoms with Gasteiger partial charge in [0.2, 0.25) is 0 Å². The molecule has 0 radical (unpaired) electrons. The number of para-hydroxylation sites is 2. The van der Waals surface area contributed by atoms with E-state index in [9.17, 15) is 4.79 Å². The number of nitrogens with zero attached hydrogens (tertiary/aromatic N) is 4. The molecule has 1 amide bonds. The van der Waals surface area contributed by atoms with E-state index in [0.29, 0.717) is 34.4 Å². The minimum Gasteiger partial charge on any atom is -0.489 e. The lowest BCUT2D eigenvalue weighted by Gasteiger charge is -2.11. The van der Waals surface area contributed by atoms with E-state index < -0.39 is 0 Å². The molecule has 1 aliphatic heterocycles. The van der Waals surface area contributed by atoms with Gasteiger partial charge < -0.3 is 4.74 Å². The number of aromatic nitrogens is 2. The summed E-state index contributed by atoms with van der Waals surface area (Å²) >= 11 is 7.98. The van der Waals surface area contributed by atoms with Gasteiger partial charge in [-0.05, 0) is 79.7 Å². The third-order valence-corrected chi connectivity index (χ3v) is 9.29. The average molecular weight is 667 g/mol. The first-order valence-corrected chi connectivity index (χ1v) is 16.9. The highest BCUT2D eigenvalue weighted by Crippen LogP contribution is 2.32. The van der Waals surface area contributed by atoms with Crippen molar-refractivity contribution in [3.05, 3.63) is 167 Å². The van der Waals surface area contributed by atoms with Gasteiger partial charge in [0.1, 0.15) is 12.4 Å². The molecule has 8 heteroatoms. The molecule has 0 saturated heterocycles. The van der Waals surface area contributed by atoms with Crippen molar-refractivity contribution in [1.29, 1.82) is 0 Å². The number of ether oxygens (including phenoxy) is 1. The Balaban J connectivity index is 1.24. The van der Waals surface area contributed by atoms with Crippen LogP contribution in [-0.4, -0.2) is 27.2 Å². The van der Waals surface area contributed by atoms with E-state index in [0.717, 1.165) is 38.7 Å². The minimum absolute atomic E-state index is 0.178. The van der Waals surface area contributed by atoms with Crippen LogP contribution in [0.1, 0.15) is 16.7 Å². The monoisotopic (exact) mass is 666 g/mol. The van der Waals surface area contributed by atoms with Crippen molar-refractivity contribution in [3.63, 3.8) is 0 Å². The number of anilines is 1. The fourth-order valence-electron chi connectivity index (χ4n) is 5.31. The third kappa shape index (κ3) is 6.98. The molecular weight excluding hydrogens is 636 g/mol. The fraction of sp³-hybridized carbons (Fsp3) is 0.0750. The van der Waals surface area contributed by atoms with Gasteiger partial charge in [-0.3, -0.25) is 4.79 Å². The molecule has 0 bridgehead atoms. The van der Waals surface area contributed by atoms with Crippen LogP contribution in [0.2, 0.25) is 5.02 Å². The quantitative estimate of drug-likeness (QED) is 0.108. The first-order valence-electron chi connectivity index (χ1n) is 15.5. The normalized spacial score (nSPS) is 13.6. The molecule has 0 saturated carbocycles. The van der Waals surface area contributed by atoms with Gasteiger partial charge in [0.15, 0.2) is 0 Å². The Labute approximate surface area is 289 Å². The maximum Gasteiger partial charge on any atom is 0.280 e. The highest BCUT2D eigenvalue weighted by molar-refractivity contribution is 8.00. The Morgan fingerprint density at radius 2 is 1.46 bits per heavy atom. The molecule has 2 heterocycles. The summed E-state index contributed by atoms with van der Waals surface area (Å²) in [6.07, 6.45) is 3.88. The van der Waals surface area contributed by atoms with Crippen molar-refractivity contribution in [2.24, 2.45) is 5.10 Å². The molecule has 236 valence electrons. The standard InChI is InChI=1S/C40H31ClN4O2S/c1-28-16-22-35(23-17-28)48-27-38-36(40(46)45(42-38)33-13-6-3-7-14-33)24-31-25-44(32-11-4-2-5-12-32)43-39(31)29-18-20-34(21-19-29)47-26-30-10-8-9-15-37(30)41/h2-25H,26-27H2,1H3/b36-24-. The Morgan fingerprint density at radius 3 is 2.17 bits per heavy atom. The second kappa shape index (κ2) is 14.2. The van der Waals surface area contributed by atoms with Crippen LogP contribution in [-0.2, 0) is 11.4 Å². The number of aryl methyl sites for hydroxylation is 1. The van der Waals surface area contributed by atoms with Crippen LogP contribution in [0, 0.1) is 6.92 Å². The zero-order valence-electron chi connectivity index (χ0n) is 26.2. The molecule has 0 atom stereocenters. The van der Waals surface area contributed by atoms with Crippen molar-refractivity contribution in [1.82, 2.24) is 9.78 Å². The number of rotatable bonds is 10. The van der Waals surface area contributed by atoms with Gasteiger partial charge in [0.05, 0.1) is 28.4 Å². The SMILES string of the molecule is Cc1ccc(SCC2=NN(c3ccccc3)C(=O)/C2=C\c2cn(-c3ccccc3)nc2-c2ccc(OCc3ccccc3Cl)cc2)cc1. The molecule has 0 aliphatic carbocycles. The molecule has 6 aromatic rings. The van der Waals surface area contributed by atoms with Crippen molar-refractivity contribution < 1.29 is 9.53 Å². The number of benzene rings is 5. The smallest absolute Gasteiger partial charge is 0.280 e. The van der Waals surface area contributed by atoms with Crippen molar-refractivity contribution in [2.75, 3.05) is 10.8 Å². The predicted octanol–water partition coefficient (Wildman–Crippen LogP) is 9.66. The summed E-state index contributed by atoms with van der Waals surface area (Å²) in [6.45, 7) is 2.43. The summed E-state index contributed by atoms with van der Waals surface area (Å²) in [5.74, 6) is 1.07. The molecule has 1 aromatic heterocycles. The van der Waals surface area contributed by atoms with Gasteiger partial charge in [0.25, 0.3) is 5.91 Å². The number of halogens is 1. The maximum atomic E-state index is 14.0. The maximum absolute atomic E-state index is 14.0. The van der Waals surface area contributed by atoms with Crippen LogP contribution >= 0.6 is 23.4 Å². The summed E-state index contributed by atoms with van der Waals surface area (Å²) < 4.78 is 7.88. The van der Waals surface area contributed by atoms with Crippen LogP contribution in [0.25, 0.3) is 23.0 Å². The average Bonchev–Trinajstić information content (AvgIpc) is 3.69. The van der Waals surface area contributed by atoms with Crippen molar-refractivity contribution in [3.8, 4) is 22.7 Å². The Kier molecular flexibility index (Phi) is 9.23. The lowest BCUT2D eigenvalue weighted by Crippen LogP contribution is -2.21. The zero-order valence-corrected chi connectivity index (χ0v) is 27.7. The Hall–Kier alpha value is -5.37. The molecule has 0 spiro atoms. The van der Waals surface area contributed by atoms with Crippen molar-refractivity contribution >= 4 is 46.7 Å². The van der Waals surface area contributed by atoms with Crippen LogP contribution in [0.15, 0.2) is 155 Å². The molecule has 0 N–H and O–H groups in total. The first-order chi connectivity index (χ1) is 23.5. The van der Waals surface area contributed by atoms with E-state index in [2.05, 4.69) is 31.2 Å². The van der Waals surface area contributed by atoms with E-state index in [1.807, 2.05) is 126 Å². The van der Waals surface area contributed by atoms with E-state index in [-0.39, 0.29) is 5.91 Å². The number of carbonyl (C=O) groups excluding carboxylic acids is 1. The predicted molar refractivity (Wildman–Crippen MR) is 196 cm³/mol. The van der Waals surface area contributed by atoms with Gasteiger partial charge in [-0.2, -0.15) is 15.2 Å². The second-order valence-electron chi connectivity index (χ2n) is 11.3. The number of hydrazone groups is 1. The van der Waals surface area contributed by atoms with Crippen LogP contribution in [0.5, 0.6) is 5.75 Å². The van der Waals surface area contributed by atoms with Crippen molar-refractivity contribution in [2.45, 2.75) is 18.4 Å². The summed E-state index contributed by atoms with van der Waals surface area (Å²) in [5, 5.41) is 12.0.